The van der Waals surface area contributed by atoms with Gasteiger partial charge >= 0.3 is 0 Å². The number of amides is 1. The average molecular weight is 286 g/mol. The van der Waals surface area contributed by atoms with Gasteiger partial charge in [0.15, 0.2) is 0 Å². The molecular formula is C16H22N4O. The number of carbonyl (C=O) groups is 1. The van der Waals surface area contributed by atoms with Crippen molar-refractivity contribution in [2.45, 2.75) is 26.8 Å². The van der Waals surface area contributed by atoms with Crippen LogP contribution in [0.4, 0.5) is 0 Å². The summed E-state index contributed by atoms with van der Waals surface area (Å²) in [5, 5.41) is 3.32. The molecule has 1 fully saturated rings. The van der Waals surface area contributed by atoms with E-state index in [9.17, 15) is 4.79 Å². The first-order chi connectivity index (χ1) is 10.1. The molecule has 0 saturated carbocycles. The molecule has 3 rings (SSSR count). The molecule has 21 heavy (non-hydrogen) atoms. The van der Waals surface area contributed by atoms with Crippen molar-refractivity contribution in [2.24, 2.45) is 0 Å². The zero-order valence-electron chi connectivity index (χ0n) is 12.7. The molecule has 1 saturated heterocycles. The van der Waals surface area contributed by atoms with Crippen molar-refractivity contribution < 1.29 is 4.79 Å². The molecule has 1 aromatic carbocycles. The van der Waals surface area contributed by atoms with Crippen LogP contribution in [0.25, 0.3) is 11.0 Å². The topological polar surface area (TPSA) is 50.2 Å². The Kier molecular flexibility index (Phi) is 3.92. The Balaban J connectivity index is 1.81. The predicted octanol–water partition coefficient (Wildman–Crippen LogP) is 1.48. The number of hydrogen-bond acceptors (Lipinski definition) is 3. The van der Waals surface area contributed by atoms with Crippen LogP contribution in [0.2, 0.25) is 0 Å². The van der Waals surface area contributed by atoms with Gasteiger partial charge in [0.25, 0.3) is 0 Å². The van der Waals surface area contributed by atoms with Gasteiger partial charge < -0.3 is 14.8 Å². The minimum Gasteiger partial charge on any atom is -0.340 e. The third kappa shape index (κ3) is 2.93. The van der Waals surface area contributed by atoms with Crippen molar-refractivity contribution in [3.05, 3.63) is 29.6 Å². The van der Waals surface area contributed by atoms with Crippen LogP contribution in [0, 0.1) is 13.8 Å². The Bertz CT molecular complexity index is 654. The van der Waals surface area contributed by atoms with Gasteiger partial charge in [-0.3, -0.25) is 4.79 Å². The van der Waals surface area contributed by atoms with Gasteiger partial charge in [-0.25, -0.2) is 4.98 Å². The zero-order valence-corrected chi connectivity index (χ0v) is 12.7. The van der Waals surface area contributed by atoms with Crippen LogP contribution >= 0.6 is 0 Å². The molecule has 1 aliphatic heterocycles. The van der Waals surface area contributed by atoms with E-state index in [0.29, 0.717) is 6.54 Å². The number of nitrogens with one attached hydrogen (secondary N) is 1. The maximum Gasteiger partial charge on any atom is 0.242 e. The summed E-state index contributed by atoms with van der Waals surface area (Å²) in [4.78, 5) is 18.8. The van der Waals surface area contributed by atoms with Crippen LogP contribution in [0.5, 0.6) is 0 Å². The van der Waals surface area contributed by atoms with Gasteiger partial charge in [-0.15, -0.1) is 0 Å². The van der Waals surface area contributed by atoms with Crippen LogP contribution in [0.1, 0.15) is 17.5 Å². The number of aromatic nitrogens is 2. The summed E-state index contributed by atoms with van der Waals surface area (Å²) in [6.07, 6.45) is 2.80. The lowest BCUT2D eigenvalue weighted by Gasteiger charge is -2.20. The predicted molar refractivity (Wildman–Crippen MR) is 83.3 cm³/mol. The molecule has 1 aromatic heterocycles. The first-order valence-electron chi connectivity index (χ1n) is 7.56. The molecule has 0 aliphatic carbocycles. The number of aryl methyl sites for hydroxylation is 2. The number of rotatable bonds is 2. The molecule has 2 aromatic rings. The summed E-state index contributed by atoms with van der Waals surface area (Å²) in [5.74, 6) is 0.177. The fourth-order valence-electron chi connectivity index (χ4n) is 2.78. The second kappa shape index (κ2) is 5.85. The van der Waals surface area contributed by atoms with Crippen LogP contribution in [0.15, 0.2) is 18.5 Å². The maximum absolute atomic E-state index is 12.5. The van der Waals surface area contributed by atoms with Gasteiger partial charge in [0.2, 0.25) is 5.91 Å². The first-order valence-corrected chi connectivity index (χ1v) is 7.56. The molecular weight excluding hydrogens is 264 g/mol. The van der Waals surface area contributed by atoms with Gasteiger partial charge in [0.1, 0.15) is 6.54 Å². The number of carbonyl (C=O) groups excluding carboxylic acids is 1. The third-order valence-electron chi connectivity index (χ3n) is 4.23. The Labute approximate surface area is 125 Å². The van der Waals surface area contributed by atoms with Crippen LogP contribution in [0.3, 0.4) is 0 Å². The highest BCUT2D eigenvalue weighted by Crippen LogP contribution is 2.18. The standard InChI is InChI=1S/C16H22N4O/c1-12-8-14-15(9-13(12)2)20(11-18-14)10-16(21)19-6-3-4-17-5-7-19/h8-9,11,17H,3-7,10H2,1-2H3. The highest BCUT2D eigenvalue weighted by molar-refractivity contribution is 5.81. The highest BCUT2D eigenvalue weighted by Gasteiger charge is 2.16. The number of imidazole rings is 1. The van der Waals surface area contributed by atoms with E-state index < -0.39 is 0 Å². The summed E-state index contributed by atoms with van der Waals surface area (Å²) in [5.41, 5.74) is 4.47. The lowest BCUT2D eigenvalue weighted by Crippen LogP contribution is -2.36. The number of hydrogen-bond donors (Lipinski definition) is 1. The van der Waals surface area contributed by atoms with E-state index in [4.69, 9.17) is 0 Å². The Morgan fingerprint density at radius 3 is 2.90 bits per heavy atom. The minimum atomic E-state index is 0.177. The third-order valence-corrected chi connectivity index (χ3v) is 4.23. The maximum atomic E-state index is 12.5. The zero-order chi connectivity index (χ0) is 14.8. The number of fused-ring (bicyclic) bond motifs is 1. The average Bonchev–Trinajstić information content (AvgIpc) is 2.69. The van der Waals surface area contributed by atoms with Gasteiger partial charge in [-0.05, 0) is 50.1 Å². The van der Waals surface area contributed by atoms with Crippen molar-refractivity contribution in [1.29, 1.82) is 0 Å². The van der Waals surface area contributed by atoms with Crippen LogP contribution < -0.4 is 5.32 Å². The van der Waals surface area contributed by atoms with Crippen molar-refractivity contribution in [2.75, 3.05) is 26.2 Å². The lowest BCUT2D eigenvalue weighted by atomic mass is 10.1. The normalized spacial score (nSPS) is 16.2. The molecule has 0 unspecified atom stereocenters. The SMILES string of the molecule is Cc1cc2ncn(CC(=O)N3CCCNCC3)c2cc1C. The van der Waals surface area contributed by atoms with Crippen molar-refractivity contribution in [1.82, 2.24) is 19.8 Å². The van der Waals surface area contributed by atoms with Crippen molar-refractivity contribution in [3.63, 3.8) is 0 Å². The molecule has 5 heteroatoms. The minimum absolute atomic E-state index is 0.177. The summed E-state index contributed by atoms with van der Waals surface area (Å²) in [6.45, 7) is 8.07. The Morgan fingerprint density at radius 1 is 1.24 bits per heavy atom. The van der Waals surface area contributed by atoms with E-state index in [0.717, 1.165) is 43.6 Å². The van der Waals surface area contributed by atoms with Gasteiger partial charge in [0, 0.05) is 19.6 Å². The second-order valence-electron chi connectivity index (χ2n) is 5.78. The highest BCUT2D eigenvalue weighted by atomic mass is 16.2. The molecule has 0 bridgehead atoms. The van der Waals surface area contributed by atoms with Crippen molar-refractivity contribution >= 4 is 16.9 Å². The lowest BCUT2D eigenvalue weighted by molar-refractivity contribution is -0.131. The smallest absolute Gasteiger partial charge is 0.242 e. The largest absolute Gasteiger partial charge is 0.340 e. The molecule has 2 heterocycles. The molecule has 1 N–H and O–H groups in total. The molecule has 1 aliphatic rings. The van der Waals surface area contributed by atoms with Gasteiger partial charge in [-0.1, -0.05) is 0 Å². The molecule has 0 atom stereocenters. The van der Waals surface area contributed by atoms with Crippen LogP contribution in [-0.2, 0) is 11.3 Å². The molecule has 0 radical (unpaired) electrons. The monoisotopic (exact) mass is 286 g/mol. The van der Waals surface area contributed by atoms with Crippen LogP contribution in [-0.4, -0.2) is 46.5 Å². The number of nitrogens with zero attached hydrogens (tertiary/aromatic N) is 3. The summed E-state index contributed by atoms with van der Waals surface area (Å²) < 4.78 is 1.96. The summed E-state index contributed by atoms with van der Waals surface area (Å²) in [6, 6.07) is 4.20. The van der Waals surface area contributed by atoms with E-state index in [2.05, 4.69) is 36.3 Å². The fourth-order valence-corrected chi connectivity index (χ4v) is 2.78. The molecule has 5 nitrogen and oxygen atoms in total. The molecule has 1 amide bonds. The summed E-state index contributed by atoms with van der Waals surface area (Å²) >= 11 is 0. The van der Waals surface area contributed by atoms with E-state index in [1.165, 1.54) is 11.1 Å². The Morgan fingerprint density at radius 2 is 2.05 bits per heavy atom. The molecule has 0 spiro atoms. The first kappa shape index (κ1) is 14.1. The molecule has 112 valence electrons. The van der Waals surface area contributed by atoms with Gasteiger partial charge in [-0.2, -0.15) is 0 Å². The summed E-state index contributed by atoms with van der Waals surface area (Å²) in [7, 11) is 0. The number of benzene rings is 1. The Hall–Kier alpha value is -1.88. The second-order valence-corrected chi connectivity index (χ2v) is 5.78. The van der Waals surface area contributed by atoms with E-state index in [-0.39, 0.29) is 5.91 Å². The van der Waals surface area contributed by atoms with Gasteiger partial charge in [0.05, 0.1) is 17.4 Å². The van der Waals surface area contributed by atoms with E-state index in [1.54, 1.807) is 6.33 Å². The van der Waals surface area contributed by atoms with E-state index >= 15 is 0 Å². The fraction of sp³-hybridized carbons (Fsp3) is 0.500. The van der Waals surface area contributed by atoms with E-state index in [1.807, 2.05) is 9.47 Å². The quantitative estimate of drug-likeness (QED) is 0.909. The van der Waals surface area contributed by atoms with Crippen molar-refractivity contribution in [3.8, 4) is 0 Å².